The molecule has 1 fully saturated rings. The van der Waals surface area contributed by atoms with Gasteiger partial charge in [-0.05, 0) is 37.5 Å². The number of rotatable bonds is 5. The molecular weight excluding hydrogens is 391 g/mol. The number of carbonyl (C=O) groups is 1. The molecule has 1 aliphatic heterocycles. The lowest BCUT2D eigenvalue weighted by Gasteiger charge is -2.27. The summed E-state index contributed by atoms with van der Waals surface area (Å²) in [6.45, 7) is 4.36. The van der Waals surface area contributed by atoms with Crippen LogP contribution in [0, 0.1) is 6.92 Å². The van der Waals surface area contributed by atoms with E-state index in [-0.39, 0.29) is 0 Å². The van der Waals surface area contributed by atoms with Gasteiger partial charge in [0, 0.05) is 36.0 Å². The molecule has 2 atom stereocenters. The highest BCUT2D eigenvalue weighted by Crippen LogP contribution is 2.27. The number of thiophene rings is 1. The first-order chi connectivity index (χ1) is 13.2. The fourth-order valence-electron chi connectivity index (χ4n) is 3.24. The van der Waals surface area contributed by atoms with E-state index in [1.165, 1.54) is 15.3 Å². The number of hydrogen-bond donors (Lipinski definition) is 1. The predicted molar refractivity (Wildman–Crippen MR) is 103 cm³/mol. The largest absolute Gasteiger partial charge is 0.490 e. The summed E-state index contributed by atoms with van der Waals surface area (Å²) in [5, 5.41) is 7.12. The minimum atomic E-state index is -5.08. The van der Waals surface area contributed by atoms with Crippen LogP contribution in [-0.2, 0) is 22.5 Å². The number of carboxylic acid groups (broad SMARTS) is 1. The topological polar surface area (TPSA) is 49.8 Å². The average Bonchev–Trinajstić information content (AvgIpc) is 3.22. The fraction of sp³-hybridized carbons (Fsp3) is 0.450. The summed E-state index contributed by atoms with van der Waals surface area (Å²) in [4.78, 5) is 14.3. The quantitative estimate of drug-likeness (QED) is 0.780. The highest BCUT2D eigenvalue weighted by molar-refractivity contribution is 7.11. The molecule has 0 radical (unpaired) electrons. The van der Waals surface area contributed by atoms with E-state index in [4.69, 9.17) is 14.6 Å². The zero-order valence-corrected chi connectivity index (χ0v) is 16.6. The van der Waals surface area contributed by atoms with Gasteiger partial charge in [-0.15, -0.1) is 11.3 Å². The van der Waals surface area contributed by atoms with E-state index in [0.29, 0.717) is 12.1 Å². The van der Waals surface area contributed by atoms with Crippen LogP contribution in [0.5, 0.6) is 0 Å². The van der Waals surface area contributed by atoms with Crippen LogP contribution < -0.4 is 0 Å². The van der Waals surface area contributed by atoms with Crippen molar-refractivity contribution < 1.29 is 27.8 Å². The van der Waals surface area contributed by atoms with E-state index in [1.54, 1.807) is 0 Å². The van der Waals surface area contributed by atoms with Crippen LogP contribution in [0.15, 0.2) is 42.5 Å². The van der Waals surface area contributed by atoms with Crippen molar-refractivity contribution in [3.8, 4) is 0 Å². The second kappa shape index (κ2) is 10.0. The first kappa shape index (κ1) is 22.4. The first-order valence-corrected chi connectivity index (χ1v) is 9.68. The zero-order chi connectivity index (χ0) is 20.7. The van der Waals surface area contributed by atoms with Crippen LogP contribution in [0.2, 0.25) is 0 Å². The number of hydrogen-bond acceptors (Lipinski definition) is 4. The van der Waals surface area contributed by atoms with Crippen LogP contribution in [0.4, 0.5) is 13.2 Å². The molecular formula is C20H24F3NO3S. The summed E-state index contributed by atoms with van der Waals surface area (Å²) in [7, 11) is 1.85. The summed E-state index contributed by atoms with van der Waals surface area (Å²) in [6.07, 6.45) is -2.52. The number of alkyl halides is 3. The van der Waals surface area contributed by atoms with Crippen molar-refractivity contribution in [2.75, 3.05) is 13.7 Å². The van der Waals surface area contributed by atoms with Gasteiger partial charge >= 0.3 is 12.1 Å². The van der Waals surface area contributed by atoms with Crippen molar-refractivity contribution in [3.05, 3.63) is 57.8 Å². The molecule has 2 aromatic rings. The van der Waals surface area contributed by atoms with Crippen LogP contribution >= 0.6 is 11.3 Å². The predicted octanol–water partition coefficient (Wildman–Crippen LogP) is 4.52. The Hall–Kier alpha value is -1.90. The monoisotopic (exact) mass is 415 g/mol. The molecule has 0 saturated carbocycles. The molecule has 2 heterocycles. The Morgan fingerprint density at radius 2 is 1.89 bits per heavy atom. The molecule has 1 saturated heterocycles. The van der Waals surface area contributed by atoms with E-state index >= 15 is 0 Å². The van der Waals surface area contributed by atoms with Crippen molar-refractivity contribution in [2.45, 2.75) is 44.6 Å². The molecule has 3 rings (SSSR count). The lowest BCUT2D eigenvalue weighted by atomic mass is 10.0. The Balaban J connectivity index is 0.000000345. The van der Waals surface area contributed by atoms with E-state index in [2.05, 4.69) is 54.3 Å². The van der Waals surface area contributed by atoms with Gasteiger partial charge in [0.05, 0.1) is 6.10 Å². The number of ether oxygens (including phenoxy) is 1. The lowest BCUT2D eigenvalue weighted by molar-refractivity contribution is -0.192. The number of nitrogens with zero attached hydrogens (tertiary/aromatic N) is 1. The van der Waals surface area contributed by atoms with Gasteiger partial charge in [-0.1, -0.05) is 30.3 Å². The number of aryl methyl sites for hydroxylation is 1. The molecule has 0 bridgehead atoms. The number of benzene rings is 1. The maximum Gasteiger partial charge on any atom is 0.490 e. The Morgan fingerprint density at radius 1 is 1.25 bits per heavy atom. The van der Waals surface area contributed by atoms with E-state index in [1.807, 2.05) is 18.4 Å². The second-order valence-electron chi connectivity index (χ2n) is 6.61. The molecule has 1 aliphatic rings. The SMILES string of the molecule is CO[C@@H]1CCN(Cc2ccc(C)s2)[C@H]1Cc1ccccc1.O=C(O)C(F)(F)F. The molecule has 1 aromatic heterocycles. The molecule has 0 aliphatic carbocycles. The minimum absolute atomic E-state index is 0.353. The molecule has 1 aromatic carbocycles. The highest BCUT2D eigenvalue weighted by atomic mass is 32.1. The molecule has 8 heteroatoms. The van der Waals surface area contributed by atoms with Gasteiger partial charge in [-0.3, -0.25) is 4.90 Å². The third kappa shape index (κ3) is 6.61. The summed E-state index contributed by atoms with van der Waals surface area (Å²) >= 11 is 1.91. The average molecular weight is 415 g/mol. The van der Waals surface area contributed by atoms with E-state index < -0.39 is 12.1 Å². The van der Waals surface area contributed by atoms with Crippen molar-refractivity contribution in [1.29, 1.82) is 0 Å². The number of halogens is 3. The van der Waals surface area contributed by atoms with Crippen LogP contribution in [0.3, 0.4) is 0 Å². The van der Waals surface area contributed by atoms with Gasteiger partial charge in [0.25, 0.3) is 0 Å². The third-order valence-electron chi connectivity index (χ3n) is 4.59. The minimum Gasteiger partial charge on any atom is -0.475 e. The normalized spacial score (nSPS) is 19.9. The van der Waals surface area contributed by atoms with Crippen molar-refractivity contribution >= 4 is 17.3 Å². The summed E-state index contributed by atoms with van der Waals surface area (Å²) < 4.78 is 37.5. The first-order valence-electron chi connectivity index (χ1n) is 8.87. The molecule has 28 heavy (non-hydrogen) atoms. The van der Waals surface area contributed by atoms with Gasteiger partial charge in [-0.2, -0.15) is 13.2 Å². The Bertz CT molecular complexity index is 749. The van der Waals surface area contributed by atoms with E-state index in [9.17, 15) is 13.2 Å². The van der Waals surface area contributed by atoms with Gasteiger partial charge in [0.2, 0.25) is 0 Å². The van der Waals surface area contributed by atoms with Crippen molar-refractivity contribution in [3.63, 3.8) is 0 Å². The van der Waals surface area contributed by atoms with Gasteiger partial charge < -0.3 is 9.84 Å². The maximum atomic E-state index is 10.6. The van der Waals surface area contributed by atoms with Crippen LogP contribution in [0.1, 0.15) is 21.7 Å². The van der Waals surface area contributed by atoms with Crippen molar-refractivity contribution in [1.82, 2.24) is 4.90 Å². The van der Waals surface area contributed by atoms with E-state index in [0.717, 1.165) is 25.9 Å². The molecule has 0 unspecified atom stereocenters. The number of likely N-dealkylation sites (tertiary alicyclic amines) is 1. The third-order valence-corrected chi connectivity index (χ3v) is 5.57. The van der Waals surface area contributed by atoms with Gasteiger partial charge in [0.15, 0.2) is 0 Å². The number of methoxy groups -OCH3 is 1. The van der Waals surface area contributed by atoms with Crippen LogP contribution in [-0.4, -0.2) is 48.0 Å². The number of carboxylic acids is 1. The molecule has 154 valence electrons. The second-order valence-corrected chi connectivity index (χ2v) is 7.98. The standard InChI is InChI=1S/C18H23NOS.C2HF3O2/c1-14-8-9-16(21-14)13-19-11-10-18(20-2)17(19)12-15-6-4-3-5-7-15;3-2(4,5)1(6)7/h3-9,17-18H,10-13H2,1-2H3;(H,6,7)/t17-,18+;/m0./s1. The molecule has 4 nitrogen and oxygen atoms in total. The van der Waals surface area contributed by atoms with Gasteiger partial charge in [0.1, 0.15) is 0 Å². The number of aliphatic carboxylic acids is 1. The van der Waals surface area contributed by atoms with Crippen LogP contribution in [0.25, 0.3) is 0 Å². The smallest absolute Gasteiger partial charge is 0.475 e. The zero-order valence-electron chi connectivity index (χ0n) is 15.8. The summed E-state index contributed by atoms with van der Waals surface area (Å²) in [6, 6.07) is 15.7. The Kier molecular flexibility index (Phi) is 8.03. The highest BCUT2D eigenvalue weighted by Gasteiger charge is 2.38. The Morgan fingerprint density at radius 3 is 2.39 bits per heavy atom. The molecule has 0 amide bonds. The molecule has 0 spiro atoms. The Labute approximate surface area is 166 Å². The lowest BCUT2D eigenvalue weighted by Crippen LogP contribution is -2.37. The van der Waals surface area contributed by atoms with Gasteiger partial charge in [-0.25, -0.2) is 4.79 Å². The molecule has 1 N–H and O–H groups in total. The van der Waals surface area contributed by atoms with Crippen molar-refractivity contribution in [2.24, 2.45) is 0 Å². The summed E-state index contributed by atoms with van der Waals surface area (Å²) in [5.41, 5.74) is 1.40. The summed E-state index contributed by atoms with van der Waals surface area (Å²) in [5.74, 6) is -2.76. The fourth-order valence-corrected chi connectivity index (χ4v) is 4.16. The maximum absolute atomic E-state index is 10.6.